The Morgan fingerprint density at radius 2 is 2.05 bits per heavy atom. The molecule has 0 aliphatic carbocycles. The highest BCUT2D eigenvalue weighted by molar-refractivity contribution is 5.94. The van der Waals surface area contributed by atoms with Crippen molar-refractivity contribution in [1.82, 2.24) is 5.32 Å². The lowest BCUT2D eigenvalue weighted by molar-refractivity contribution is -0.137. The van der Waals surface area contributed by atoms with Crippen LogP contribution in [0.25, 0.3) is 0 Å². The van der Waals surface area contributed by atoms with Gasteiger partial charge in [-0.05, 0) is 31.2 Å². The Morgan fingerprint density at radius 1 is 1.43 bits per heavy atom. The highest BCUT2D eigenvalue weighted by Crippen LogP contribution is 2.29. The molecule has 1 aromatic carbocycles. The van der Waals surface area contributed by atoms with Crippen molar-refractivity contribution >= 4 is 5.91 Å². The molecule has 1 heterocycles. The topological polar surface area (TPSA) is 58.6 Å². The minimum absolute atomic E-state index is 0.00593. The van der Waals surface area contributed by atoms with E-state index in [9.17, 15) is 23.1 Å². The summed E-state index contributed by atoms with van der Waals surface area (Å²) in [5, 5.41) is 12.7. The summed E-state index contributed by atoms with van der Waals surface area (Å²) in [6, 6.07) is 3.92. The van der Waals surface area contributed by atoms with Gasteiger partial charge in [0.05, 0.1) is 11.7 Å². The number of nitrogens with one attached hydrogen (secondary N) is 1. The van der Waals surface area contributed by atoms with Gasteiger partial charge >= 0.3 is 6.18 Å². The number of carbonyl (C=O) groups excluding carboxylic acids is 1. The van der Waals surface area contributed by atoms with E-state index in [4.69, 9.17) is 4.74 Å². The van der Waals surface area contributed by atoms with Crippen molar-refractivity contribution in [3.05, 3.63) is 35.4 Å². The Hall–Kier alpha value is -1.60. The van der Waals surface area contributed by atoms with Crippen LogP contribution in [0.5, 0.6) is 0 Å². The van der Waals surface area contributed by atoms with Crippen molar-refractivity contribution in [2.45, 2.75) is 31.2 Å². The Labute approximate surface area is 119 Å². The van der Waals surface area contributed by atoms with E-state index in [-0.39, 0.29) is 12.1 Å². The molecule has 0 bridgehead atoms. The second-order valence-electron chi connectivity index (χ2n) is 5.12. The van der Waals surface area contributed by atoms with E-state index in [0.29, 0.717) is 13.0 Å². The summed E-state index contributed by atoms with van der Waals surface area (Å²) in [6.45, 7) is 2.11. The minimum atomic E-state index is -4.43. The lowest BCUT2D eigenvalue weighted by atomic mass is 9.96. The van der Waals surface area contributed by atoms with Crippen LogP contribution in [0, 0.1) is 0 Å². The fraction of sp³-hybridized carbons (Fsp3) is 0.500. The molecule has 7 heteroatoms. The monoisotopic (exact) mass is 303 g/mol. The molecule has 2 unspecified atom stereocenters. The third-order valence-electron chi connectivity index (χ3n) is 3.69. The number of ether oxygens (including phenoxy) is 1. The maximum absolute atomic E-state index is 12.4. The molecular formula is C14H16F3NO3. The predicted molar refractivity (Wildman–Crippen MR) is 68.8 cm³/mol. The fourth-order valence-corrected chi connectivity index (χ4v) is 2.15. The van der Waals surface area contributed by atoms with E-state index in [1.165, 1.54) is 0 Å². The number of rotatable bonds is 3. The first kappa shape index (κ1) is 15.8. The van der Waals surface area contributed by atoms with Gasteiger partial charge in [-0.2, -0.15) is 13.2 Å². The fourth-order valence-electron chi connectivity index (χ4n) is 2.15. The second kappa shape index (κ2) is 5.65. The van der Waals surface area contributed by atoms with E-state index in [1.54, 1.807) is 6.92 Å². The number of amides is 1. The number of hydrogen-bond donors (Lipinski definition) is 2. The van der Waals surface area contributed by atoms with Gasteiger partial charge in [-0.25, -0.2) is 0 Å². The standard InChI is InChI=1S/C14H16F3NO3/c1-9-13(20,6-7-21-9)8-18-12(19)10-2-4-11(5-3-10)14(15,16)17/h2-5,9,20H,6-8H2,1H3,(H,18,19). The maximum atomic E-state index is 12.4. The van der Waals surface area contributed by atoms with Crippen molar-refractivity contribution in [2.75, 3.05) is 13.2 Å². The summed E-state index contributed by atoms with van der Waals surface area (Å²) in [5.41, 5.74) is -1.84. The number of carbonyl (C=O) groups is 1. The summed E-state index contributed by atoms with van der Waals surface area (Å²) in [6.07, 6.45) is -4.42. The molecule has 1 fully saturated rings. The van der Waals surface area contributed by atoms with Gasteiger partial charge in [-0.3, -0.25) is 4.79 Å². The van der Waals surface area contributed by atoms with Gasteiger partial charge in [-0.1, -0.05) is 0 Å². The Balaban J connectivity index is 1.98. The SMILES string of the molecule is CC1OCCC1(O)CNC(=O)c1ccc(C(F)(F)F)cc1. The van der Waals surface area contributed by atoms with Gasteiger partial charge < -0.3 is 15.2 Å². The molecule has 2 rings (SSSR count). The van der Waals surface area contributed by atoms with Crippen LogP contribution < -0.4 is 5.32 Å². The third kappa shape index (κ3) is 3.54. The van der Waals surface area contributed by atoms with Crippen LogP contribution in [0.4, 0.5) is 13.2 Å². The number of hydrogen-bond acceptors (Lipinski definition) is 3. The molecule has 0 aromatic heterocycles. The molecular weight excluding hydrogens is 287 g/mol. The van der Waals surface area contributed by atoms with Crippen LogP contribution in [0.15, 0.2) is 24.3 Å². The van der Waals surface area contributed by atoms with E-state index in [1.807, 2.05) is 0 Å². The largest absolute Gasteiger partial charge is 0.416 e. The van der Waals surface area contributed by atoms with Crippen LogP contribution in [0.2, 0.25) is 0 Å². The third-order valence-corrected chi connectivity index (χ3v) is 3.69. The van der Waals surface area contributed by atoms with Crippen molar-refractivity contribution in [1.29, 1.82) is 0 Å². The quantitative estimate of drug-likeness (QED) is 0.897. The molecule has 1 amide bonds. The summed E-state index contributed by atoms with van der Waals surface area (Å²) >= 11 is 0. The van der Waals surface area contributed by atoms with Crippen LogP contribution in [0.3, 0.4) is 0 Å². The molecule has 2 N–H and O–H groups in total. The highest BCUT2D eigenvalue weighted by Gasteiger charge is 2.39. The first-order valence-corrected chi connectivity index (χ1v) is 6.52. The van der Waals surface area contributed by atoms with Crippen LogP contribution in [0.1, 0.15) is 29.3 Å². The van der Waals surface area contributed by atoms with E-state index < -0.39 is 29.4 Å². The molecule has 0 radical (unpaired) electrons. The summed E-state index contributed by atoms with van der Waals surface area (Å²) < 4.78 is 42.5. The zero-order valence-corrected chi connectivity index (χ0v) is 11.4. The average molecular weight is 303 g/mol. The molecule has 0 spiro atoms. The first-order chi connectivity index (χ1) is 9.72. The highest BCUT2D eigenvalue weighted by atomic mass is 19.4. The van der Waals surface area contributed by atoms with Crippen molar-refractivity contribution < 1.29 is 27.8 Å². The Bertz CT molecular complexity index is 515. The number of alkyl halides is 3. The molecule has 1 aliphatic rings. The zero-order valence-electron chi connectivity index (χ0n) is 11.4. The van der Waals surface area contributed by atoms with Gasteiger partial charge in [0.1, 0.15) is 5.60 Å². The average Bonchev–Trinajstić information content (AvgIpc) is 2.76. The summed E-state index contributed by atoms with van der Waals surface area (Å²) in [7, 11) is 0. The number of halogens is 3. The predicted octanol–water partition coefficient (Wildman–Crippen LogP) is 1.98. The van der Waals surface area contributed by atoms with E-state index >= 15 is 0 Å². The van der Waals surface area contributed by atoms with Gasteiger partial charge in [0.15, 0.2) is 0 Å². The number of benzene rings is 1. The van der Waals surface area contributed by atoms with Crippen molar-refractivity contribution in [2.24, 2.45) is 0 Å². The van der Waals surface area contributed by atoms with Gasteiger partial charge in [0.2, 0.25) is 0 Å². The lowest BCUT2D eigenvalue weighted by Crippen LogP contribution is -2.47. The summed E-state index contributed by atoms with van der Waals surface area (Å²) in [5.74, 6) is -0.531. The molecule has 21 heavy (non-hydrogen) atoms. The normalized spacial score (nSPS) is 25.9. The Morgan fingerprint density at radius 3 is 2.52 bits per heavy atom. The lowest BCUT2D eigenvalue weighted by Gasteiger charge is -2.26. The van der Waals surface area contributed by atoms with Crippen molar-refractivity contribution in [3.63, 3.8) is 0 Å². The Kier molecular flexibility index (Phi) is 4.25. The number of aliphatic hydroxyl groups is 1. The molecule has 116 valence electrons. The van der Waals surface area contributed by atoms with Gasteiger partial charge in [-0.15, -0.1) is 0 Å². The van der Waals surface area contributed by atoms with Crippen LogP contribution >= 0.6 is 0 Å². The zero-order chi connectivity index (χ0) is 15.7. The van der Waals surface area contributed by atoms with E-state index in [2.05, 4.69) is 5.32 Å². The molecule has 1 aliphatic heterocycles. The van der Waals surface area contributed by atoms with Crippen LogP contribution in [-0.2, 0) is 10.9 Å². The first-order valence-electron chi connectivity index (χ1n) is 6.52. The smallest absolute Gasteiger partial charge is 0.385 e. The molecule has 2 atom stereocenters. The molecule has 1 aromatic rings. The molecule has 4 nitrogen and oxygen atoms in total. The summed E-state index contributed by atoms with van der Waals surface area (Å²) in [4.78, 5) is 11.9. The van der Waals surface area contributed by atoms with Gasteiger partial charge in [0.25, 0.3) is 5.91 Å². The van der Waals surface area contributed by atoms with Gasteiger partial charge in [0, 0.05) is 25.1 Å². The minimum Gasteiger partial charge on any atom is -0.385 e. The van der Waals surface area contributed by atoms with Crippen LogP contribution in [-0.4, -0.2) is 35.9 Å². The van der Waals surface area contributed by atoms with Crippen molar-refractivity contribution in [3.8, 4) is 0 Å². The maximum Gasteiger partial charge on any atom is 0.416 e. The van der Waals surface area contributed by atoms with E-state index in [0.717, 1.165) is 24.3 Å². The second-order valence-corrected chi connectivity index (χ2v) is 5.12. The molecule has 1 saturated heterocycles. The molecule has 0 saturated carbocycles.